The first kappa shape index (κ1) is 22.7. The largest absolute Gasteiger partial charge is 0.463 e. The maximum atomic E-state index is 12.3. The molecule has 1 rings (SSSR count). The zero-order chi connectivity index (χ0) is 20.4. The molecule has 6 heteroatoms. The molecule has 1 aromatic rings. The number of aliphatic hydroxyl groups excluding tert-OH is 1. The van der Waals surface area contributed by atoms with Crippen molar-refractivity contribution in [2.75, 3.05) is 13.2 Å². The maximum absolute atomic E-state index is 12.3. The van der Waals surface area contributed by atoms with Crippen LogP contribution in [0.1, 0.15) is 51.3 Å². The summed E-state index contributed by atoms with van der Waals surface area (Å²) in [7, 11) is 0. The topological polar surface area (TPSA) is 84.9 Å². The van der Waals surface area contributed by atoms with Crippen molar-refractivity contribution in [1.82, 2.24) is 5.32 Å². The van der Waals surface area contributed by atoms with E-state index in [2.05, 4.69) is 5.32 Å². The van der Waals surface area contributed by atoms with E-state index in [4.69, 9.17) is 9.47 Å². The molecule has 150 valence electrons. The van der Waals surface area contributed by atoms with Gasteiger partial charge in [0.1, 0.15) is 5.60 Å². The lowest BCUT2D eigenvalue weighted by Crippen LogP contribution is -2.39. The third-order valence-electron chi connectivity index (χ3n) is 3.88. The highest BCUT2D eigenvalue weighted by atomic mass is 16.6. The van der Waals surface area contributed by atoms with Gasteiger partial charge in [0, 0.05) is 18.6 Å². The summed E-state index contributed by atoms with van der Waals surface area (Å²) in [6, 6.07) is 7.20. The molecule has 0 saturated carbocycles. The number of esters is 1. The van der Waals surface area contributed by atoms with E-state index in [0.29, 0.717) is 13.0 Å². The number of ether oxygens (including phenoxy) is 2. The minimum atomic E-state index is -0.626. The van der Waals surface area contributed by atoms with Gasteiger partial charge in [-0.05, 0) is 52.2 Å². The molecule has 2 atom stereocenters. The average Bonchev–Trinajstić information content (AvgIpc) is 2.56. The van der Waals surface area contributed by atoms with E-state index in [-0.39, 0.29) is 12.5 Å². The standard InChI is InChI=1S/C21H31NO5/c1-6-26-18(24)13-9-11-16(14-23)19(17-12-8-7-10-15(17)2)22-20(25)27-21(3,4)5/h7-10,12-13,16,19,23H,6,11,14H2,1-5H3,(H,22,25)/b13-9+/t16-,19+/m1/s1. The highest BCUT2D eigenvalue weighted by Crippen LogP contribution is 2.28. The van der Waals surface area contributed by atoms with Crippen LogP contribution in [0.5, 0.6) is 0 Å². The lowest BCUT2D eigenvalue weighted by atomic mass is 9.88. The molecule has 0 unspecified atom stereocenters. The highest BCUT2D eigenvalue weighted by Gasteiger charge is 2.27. The molecule has 1 aromatic carbocycles. The molecule has 0 radical (unpaired) electrons. The van der Waals surface area contributed by atoms with Crippen LogP contribution < -0.4 is 5.32 Å². The van der Waals surface area contributed by atoms with Gasteiger partial charge in [-0.1, -0.05) is 30.3 Å². The molecule has 0 aliphatic carbocycles. The number of carbonyl (C=O) groups is 2. The van der Waals surface area contributed by atoms with Crippen molar-refractivity contribution in [3.8, 4) is 0 Å². The molecule has 6 nitrogen and oxygen atoms in total. The third-order valence-corrected chi connectivity index (χ3v) is 3.88. The molecule has 0 aliphatic heterocycles. The van der Waals surface area contributed by atoms with Crippen molar-refractivity contribution >= 4 is 12.1 Å². The van der Waals surface area contributed by atoms with Gasteiger partial charge in [-0.3, -0.25) is 0 Å². The number of nitrogens with one attached hydrogen (secondary N) is 1. The molecule has 0 fully saturated rings. The SMILES string of the molecule is CCOC(=O)/C=C/C[C@H](CO)[C@H](NC(=O)OC(C)(C)C)c1ccccc1C. The van der Waals surface area contributed by atoms with Gasteiger partial charge < -0.3 is 19.9 Å². The second-order valence-electron chi connectivity index (χ2n) is 7.31. The molecule has 1 amide bonds. The van der Waals surface area contributed by atoms with Crippen molar-refractivity contribution in [2.45, 2.75) is 52.7 Å². The number of benzene rings is 1. The van der Waals surface area contributed by atoms with E-state index >= 15 is 0 Å². The molecule has 0 spiro atoms. The summed E-state index contributed by atoms with van der Waals surface area (Å²) in [5.41, 5.74) is 1.26. The van der Waals surface area contributed by atoms with Gasteiger partial charge in [0.05, 0.1) is 12.6 Å². The Kier molecular flexibility index (Phi) is 9.02. The van der Waals surface area contributed by atoms with Crippen LogP contribution in [0.3, 0.4) is 0 Å². The minimum absolute atomic E-state index is 0.165. The molecular formula is C21H31NO5. The Hall–Kier alpha value is -2.34. The fourth-order valence-electron chi connectivity index (χ4n) is 2.67. The predicted molar refractivity (Wildman–Crippen MR) is 104 cm³/mol. The van der Waals surface area contributed by atoms with E-state index in [1.807, 2.05) is 31.2 Å². The second kappa shape index (κ2) is 10.7. The summed E-state index contributed by atoms with van der Waals surface area (Å²) >= 11 is 0. The van der Waals surface area contributed by atoms with Gasteiger partial charge in [-0.2, -0.15) is 0 Å². The number of rotatable bonds is 8. The number of aryl methyl sites for hydroxylation is 1. The van der Waals surface area contributed by atoms with Crippen molar-refractivity contribution in [1.29, 1.82) is 0 Å². The Labute approximate surface area is 161 Å². The Bertz CT molecular complexity index is 648. The number of carbonyl (C=O) groups excluding carboxylic acids is 2. The predicted octanol–water partition coefficient (Wildman–Crippen LogP) is 3.68. The van der Waals surface area contributed by atoms with Crippen LogP contribution in [0.2, 0.25) is 0 Å². The van der Waals surface area contributed by atoms with E-state index in [1.54, 1.807) is 33.8 Å². The van der Waals surface area contributed by atoms with Gasteiger partial charge >= 0.3 is 12.1 Å². The first-order chi connectivity index (χ1) is 12.7. The van der Waals surface area contributed by atoms with Crippen molar-refractivity contribution in [3.05, 3.63) is 47.5 Å². The molecule has 0 aromatic heterocycles. The van der Waals surface area contributed by atoms with Gasteiger partial charge in [0.25, 0.3) is 0 Å². The molecule has 0 aliphatic rings. The van der Waals surface area contributed by atoms with Gasteiger partial charge in [-0.15, -0.1) is 0 Å². The Balaban J connectivity index is 3.02. The number of allylic oxidation sites excluding steroid dienone is 1. The Morgan fingerprint density at radius 2 is 1.93 bits per heavy atom. The molecule has 0 heterocycles. The van der Waals surface area contributed by atoms with Gasteiger partial charge in [-0.25, -0.2) is 9.59 Å². The summed E-state index contributed by atoms with van der Waals surface area (Å²) < 4.78 is 10.2. The zero-order valence-corrected chi connectivity index (χ0v) is 16.8. The number of aliphatic hydroxyl groups is 1. The minimum Gasteiger partial charge on any atom is -0.463 e. The van der Waals surface area contributed by atoms with Crippen LogP contribution in [-0.2, 0) is 14.3 Å². The van der Waals surface area contributed by atoms with E-state index in [1.165, 1.54) is 6.08 Å². The number of hydrogen-bond donors (Lipinski definition) is 2. The third kappa shape index (κ3) is 8.26. The Morgan fingerprint density at radius 1 is 1.26 bits per heavy atom. The van der Waals surface area contributed by atoms with Crippen molar-refractivity contribution in [3.63, 3.8) is 0 Å². The van der Waals surface area contributed by atoms with E-state index < -0.39 is 23.7 Å². The first-order valence-electron chi connectivity index (χ1n) is 9.17. The summed E-state index contributed by atoms with van der Waals surface area (Å²) in [5, 5.41) is 12.8. The highest BCUT2D eigenvalue weighted by molar-refractivity contribution is 5.81. The average molecular weight is 377 g/mol. The summed E-state index contributed by atoms with van der Waals surface area (Å²) in [4.78, 5) is 23.8. The monoisotopic (exact) mass is 377 g/mol. The quantitative estimate of drug-likeness (QED) is 0.533. The fraction of sp³-hybridized carbons (Fsp3) is 0.524. The number of alkyl carbamates (subject to hydrolysis) is 1. The summed E-state index contributed by atoms with van der Waals surface area (Å²) in [5.74, 6) is -0.758. The zero-order valence-electron chi connectivity index (χ0n) is 16.8. The lowest BCUT2D eigenvalue weighted by Gasteiger charge is -2.29. The van der Waals surface area contributed by atoms with Crippen LogP contribution >= 0.6 is 0 Å². The van der Waals surface area contributed by atoms with E-state index in [0.717, 1.165) is 11.1 Å². The normalized spacial score (nSPS) is 13.9. The maximum Gasteiger partial charge on any atom is 0.408 e. The van der Waals surface area contributed by atoms with Gasteiger partial charge in [0.15, 0.2) is 0 Å². The summed E-state index contributed by atoms with van der Waals surface area (Å²) in [6.07, 6.45) is 2.84. The van der Waals surface area contributed by atoms with Crippen LogP contribution in [0, 0.1) is 12.8 Å². The Morgan fingerprint density at radius 3 is 2.48 bits per heavy atom. The van der Waals surface area contributed by atoms with Crippen LogP contribution in [0.4, 0.5) is 4.79 Å². The molecule has 2 N–H and O–H groups in total. The molecule has 27 heavy (non-hydrogen) atoms. The van der Waals surface area contributed by atoms with Crippen LogP contribution in [0.15, 0.2) is 36.4 Å². The number of hydrogen-bond acceptors (Lipinski definition) is 5. The molecule has 0 saturated heterocycles. The summed E-state index contributed by atoms with van der Waals surface area (Å²) in [6.45, 7) is 9.20. The van der Waals surface area contributed by atoms with E-state index in [9.17, 15) is 14.7 Å². The molecular weight excluding hydrogens is 346 g/mol. The lowest BCUT2D eigenvalue weighted by molar-refractivity contribution is -0.137. The number of amides is 1. The van der Waals surface area contributed by atoms with Crippen molar-refractivity contribution in [2.24, 2.45) is 5.92 Å². The van der Waals surface area contributed by atoms with Crippen LogP contribution in [-0.4, -0.2) is 36.0 Å². The van der Waals surface area contributed by atoms with Crippen LogP contribution in [0.25, 0.3) is 0 Å². The fourth-order valence-corrected chi connectivity index (χ4v) is 2.67. The smallest absolute Gasteiger partial charge is 0.408 e. The molecule has 0 bridgehead atoms. The first-order valence-corrected chi connectivity index (χ1v) is 9.17. The van der Waals surface area contributed by atoms with Gasteiger partial charge in [0.2, 0.25) is 0 Å². The van der Waals surface area contributed by atoms with Crippen molar-refractivity contribution < 1.29 is 24.2 Å². The second-order valence-corrected chi connectivity index (χ2v) is 7.31.